The number of nitrogens with zero attached hydrogens (tertiary/aromatic N) is 1. The predicted octanol–water partition coefficient (Wildman–Crippen LogP) is 7.33. The second-order valence-corrected chi connectivity index (χ2v) is 9.86. The monoisotopic (exact) mass is 626 g/mol. The summed E-state index contributed by atoms with van der Waals surface area (Å²) in [6.45, 7) is 0.0509. The molecule has 3 aromatic rings. The lowest BCUT2D eigenvalue weighted by atomic mass is 10.1. The van der Waals surface area contributed by atoms with E-state index in [1.165, 1.54) is 18.2 Å². The number of benzene rings is 3. The van der Waals surface area contributed by atoms with Crippen LogP contribution in [0.2, 0.25) is 10.0 Å². The van der Waals surface area contributed by atoms with Crippen LogP contribution in [-0.4, -0.2) is 16.8 Å². The fourth-order valence-electron chi connectivity index (χ4n) is 3.27. The van der Waals surface area contributed by atoms with Crippen molar-refractivity contribution in [3.05, 3.63) is 102 Å². The molecule has 1 aliphatic heterocycles. The second-order valence-electron chi connectivity index (χ2n) is 7.31. The average molecular weight is 629 g/mol. The van der Waals surface area contributed by atoms with Crippen molar-refractivity contribution in [1.29, 1.82) is 0 Å². The van der Waals surface area contributed by atoms with Gasteiger partial charge in [0.05, 0.1) is 15.5 Å². The molecular formula is C24H15Br2Cl2FN2O3. The number of amides is 3. The maximum atomic E-state index is 14.0. The summed E-state index contributed by atoms with van der Waals surface area (Å²) in [4.78, 5) is 26.1. The lowest BCUT2D eigenvalue weighted by molar-refractivity contribution is -0.123. The lowest BCUT2D eigenvalue weighted by Gasteiger charge is -2.13. The van der Waals surface area contributed by atoms with Gasteiger partial charge in [-0.1, -0.05) is 47.5 Å². The van der Waals surface area contributed by atoms with Crippen molar-refractivity contribution in [1.82, 2.24) is 10.2 Å². The van der Waals surface area contributed by atoms with Crippen LogP contribution in [0.15, 0.2) is 69.2 Å². The van der Waals surface area contributed by atoms with Crippen LogP contribution in [0.3, 0.4) is 0 Å². The first-order valence-electron chi connectivity index (χ1n) is 9.86. The average Bonchev–Trinajstić information content (AvgIpc) is 3.03. The summed E-state index contributed by atoms with van der Waals surface area (Å²) in [5, 5.41) is 3.58. The first-order valence-corrected chi connectivity index (χ1v) is 12.2. The second kappa shape index (κ2) is 10.5. The van der Waals surface area contributed by atoms with Crippen molar-refractivity contribution >= 4 is 73.1 Å². The third-order valence-corrected chi connectivity index (χ3v) is 6.73. The van der Waals surface area contributed by atoms with Crippen LogP contribution in [0.5, 0.6) is 5.75 Å². The molecule has 1 saturated heterocycles. The van der Waals surface area contributed by atoms with Crippen LogP contribution in [0, 0.1) is 5.82 Å². The Morgan fingerprint density at radius 2 is 1.71 bits per heavy atom. The third-order valence-electron chi connectivity index (χ3n) is 4.97. The molecule has 34 heavy (non-hydrogen) atoms. The van der Waals surface area contributed by atoms with Gasteiger partial charge in [0.2, 0.25) is 0 Å². The number of rotatable bonds is 6. The summed E-state index contributed by atoms with van der Waals surface area (Å²) in [7, 11) is 0. The maximum absolute atomic E-state index is 14.0. The van der Waals surface area contributed by atoms with E-state index in [0.717, 1.165) is 10.5 Å². The van der Waals surface area contributed by atoms with Crippen LogP contribution >= 0.6 is 55.1 Å². The van der Waals surface area contributed by atoms with Crippen LogP contribution in [0.4, 0.5) is 9.18 Å². The normalized spacial score (nSPS) is 14.6. The molecule has 0 radical (unpaired) electrons. The van der Waals surface area contributed by atoms with Gasteiger partial charge in [0.25, 0.3) is 5.91 Å². The number of ether oxygens (including phenoxy) is 1. The number of nitrogens with one attached hydrogen (secondary N) is 1. The zero-order chi connectivity index (χ0) is 24.4. The molecule has 0 atom stereocenters. The van der Waals surface area contributed by atoms with Crippen molar-refractivity contribution in [2.45, 2.75) is 13.2 Å². The number of imide groups is 1. The Balaban J connectivity index is 1.51. The molecule has 3 amide bonds. The van der Waals surface area contributed by atoms with E-state index >= 15 is 0 Å². The molecule has 0 saturated carbocycles. The van der Waals surface area contributed by atoms with Gasteiger partial charge < -0.3 is 10.1 Å². The van der Waals surface area contributed by atoms with Gasteiger partial charge in [-0.05, 0) is 73.8 Å². The van der Waals surface area contributed by atoms with Crippen LogP contribution in [-0.2, 0) is 17.9 Å². The van der Waals surface area contributed by atoms with Gasteiger partial charge in [0, 0.05) is 21.2 Å². The maximum Gasteiger partial charge on any atom is 0.329 e. The minimum Gasteiger partial charge on any atom is -0.486 e. The Bertz CT molecular complexity index is 1310. The molecular weight excluding hydrogens is 614 g/mol. The minimum absolute atomic E-state index is 0.0850. The van der Waals surface area contributed by atoms with Gasteiger partial charge >= 0.3 is 6.03 Å². The zero-order valence-electron chi connectivity index (χ0n) is 17.2. The Kier molecular flexibility index (Phi) is 7.62. The highest BCUT2D eigenvalue weighted by Crippen LogP contribution is 2.36. The molecule has 0 bridgehead atoms. The van der Waals surface area contributed by atoms with Crippen molar-refractivity contribution in [2.75, 3.05) is 0 Å². The Hall–Kier alpha value is -2.39. The van der Waals surface area contributed by atoms with E-state index in [0.29, 0.717) is 30.3 Å². The topological polar surface area (TPSA) is 58.6 Å². The fraction of sp³-hybridized carbons (Fsp3) is 0.0833. The summed E-state index contributed by atoms with van der Waals surface area (Å²) in [5.41, 5.74) is 1.74. The third kappa shape index (κ3) is 5.46. The van der Waals surface area contributed by atoms with Crippen LogP contribution in [0.25, 0.3) is 6.08 Å². The van der Waals surface area contributed by atoms with Crippen molar-refractivity contribution in [2.24, 2.45) is 0 Å². The first kappa shape index (κ1) is 24.7. The Morgan fingerprint density at radius 3 is 2.38 bits per heavy atom. The highest BCUT2D eigenvalue weighted by atomic mass is 79.9. The predicted molar refractivity (Wildman–Crippen MR) is 136 cm³/mol. The van der Waals surface area contributed by atoms with Crippen molar-refractivity contribution < 1.29 is 18.7 Å². The summed E-state index contributed by atoms with van der Waals surface area (Å²) in [6, 6.07) is 14.0. The van der Waals surface area contributed by atoms with E-state index in [-0.39, 0.29) is 24.4 Å². The molecule has 10 heteroatoms. The zero-order valence-corrected chi connectivity index (χ0v) is 21.9. The molecule has 0 aromatic heterocycles. The molecule has 4 rings (SSSR count). The number of carbonyl (C=O) groups is 2. The summed E-state index contributed by atoms with van der Waals surface area (Å²) in [5.74, 6) is -0.488. The molecule has 174 valence electrons. The largest absolute Gasteiger partial charge is 0.486 e. The highest BCUT2D eigenvalue weighted by Gasteiger charge is 2.34. The fourth-order valence-corrected chi connectivity index (χ4v) is 5.18. The van der Waals surface area contributed by atoms with E-state index in [1.807, 2.05) is 0 Å². The Morgan fingerprint density at radius 1 is 1.00 bits per heavy atom. The molecule has 0 unspecified atom stereocenters. The van der Waals surface area contributed by atoms with Gasteiger partial charge in [-0.25, -0.2) is 9.18 Å². The van der Waals surface area contributed by atoms with Gasteiger partial charge in [-0.3, -0.25) is 9.69 Å². The molecule has 1 N–H and O–H groups in total. The van der Waals surface area contributed by atoms with E-state index < -0.39 is 17.8 Å². The van der Waals surface area contributed by atoms with Crippen molar-refractivity contribution in [3.8, 4) is 5.75 Å². The molecule has 5 nitrogen and oxygen atoms in total. The number of carbonyl (C=O) groups excluding carboxylic acids is 2. The van der Waals surface area contributed by atoms with Gasteiger partial charge in [0.1, 0.15) is 23.9 Å². The molecule has 0 spiro atoms. The van der Waals surface area contributed by atoms with Gasteiger partial charge in [0.15, 0.2) is 0 Å². The summed E-state index contributed by atoms with van der Waals surface area (Å²) >= 11 is 19.1. The quantitative estimate of drug-likeness (QED) is 0.230. The van der Waals surface area contributed by atoms with E-state index in [9.17, 15) is 14.0 Å². The minimum atomic E-state index is -0.613. The Labute approximate surface area is 221 Å². The SMILES string of the molecule is O=C1N/C(=C/c2cc(Br)c(OCc3ccc(Cl)cc3Cl)c(Br)c2)C(=O)N1Cc1ccccc1F. The van der Waals surface area contributed by atoms with Crippen LogP contribution in [0.1, 0.15) is 16.7 Å². The molecule has 3 aromatic carbocycles. The summed E-state index contributed by atoms with van der Waals surface area (Å²) < 4.78 is 21.1. The number of urea groups is 1. The summed E-state index contributed by atoms with van der Waals surface area (Å²) in [6.07, 6.45) is 1.54. The smallest absolute Gasteiger partial charge is 0.329 e. The van der Waals surface area contributed by atoms with Gasteiger partial charge in [-0.15, -0.1) is 0 Å². The first-order chi connectivity index (χ1) is 16.2. The highest BCUT2D eigenvalue weighted by molar-refractivity contribution is 9.11. The van der Waals surface area contributed by atoms with E-state index in [2.05, 4.69) is 37.2 Å². The number of hydrogen-bond donors (Lipinski definition) is 1. The van der Waals surface area contributed by atoms with E-state index in [4.69, 9.17) is 27.9 Å². The van der Waals surface area contributed by atoms with Gasteiger partial charge in [-0.2, -0.15) is 0 Å². The lowest BCUT2D eigenvalue weighted by Crippen LogP contribution is -2.30. The van der Waals surface area contributed by atoms with Crippen molar-refractivity contribution in [3.63, 3.8) is 0 Å². The van der Waals surface area contributed by atoms with Crippen LogP contribution < -0.4 is 10.1 Å². The molecule has 1 aliphatic rings. The number of halogens is 5. The standard InChI is InChI=1S/C24H15Br2Cl2FN2O3/c25-17-7-13(8-18(26)22(17)34-12-15-5-6-16(27)10-19(15)28)9-21-23(32)31(24(33)30-21)11-14-3-1-2-4-20(14)29/h1-10H,11-12H2,(H,30,33)/b21-9+. The number of hydrogen-bond acceptors (Lipinski definition) is 3. The molecule has 0 aliphatic carbocycles. The molecule has 1 fully saturated rings. The van der Waals surface area contributed by atoms with E-state index in [1.54, 1.807) is 42.5 Å². The molecule has 1 heterocycles.